The normalized spacial score (nSPS) is 16.4. The number of hydrogen-bond acceptors (Lipinski definition) is 4. The molecule has 1 saturated heterocycles. The van der Waals surface area contributed by atoms with Crippen molar-refractivity contribution in [3.8, 4) is 5.75 Å². The van der Waals surface area contributed by atoms with Crippen LogP contribution in [-0.4, -0.2) is 35.0 Å². The molecule has 1 aliphatic rings. The van der Waals surface area contributed by atoms with Crippen molar-refractivity contribution in [1.29, 1.82) is 0 Å². The van der Waals surface area contributed by atoms with Gasteiger partial charge >= 0.3 is 0 Å². The van der Waals surface area contributed by atoms with Gasteiger partial charge in [-0.3, -0.25) is 9.59 Å². The van der Waals surface area contributed by atoms with E-state index in [4.69, 9.17) is 4.74 Å². The number of carbonyl (C=O) groups is 2. The van der Waals surface area contributed by atoms with Crippen LogP contribution in [0.25, 0.3) is 11.0 Å². The van der Waals surface area contributed by atoms with Gasteiger partial charge in [0.2, 0.25) is 11.8 Å². The van der Waals surface area contributed by atoms with Gasteiger partial charge in [0.15, 0.2) is 0 Å². The van der Waals surface area contributed by atoms with E-state index in [1.165, 1.54) is 0 Å². The highest BCUT2D eigenvalue weighted by atomic mass is 16.5. The standard InChI is InChI=1S/C22H24N4O3/c1-3-25-19-10-5-4-9-18(19)24-20(25)13-23-22(28)15-11-21(27)26(14-15)16-7-6-8-17(12-16)29-2/h4-10,12,15H,3,11,13-14H2,1-2H3,(H,23,28). The molecule has 1 aromatic heterocycles. The number of methoxy groups -OCH3 is 1. The lowest BCUT2D eigenvalue weighted by Gasteiger charge is -2.17. The van der Waals surface area contributed by atoms with Crippen LogP contribution in [0.15, 0.2) is 48.5 Å². The zero-order chi connectivity index (χ0) is 20.4. The number of carbonyl (C=O) groups excluding carboxylic acids is 2. The van der Waals surface area contributed by atoms with E-state index >= 15 is 0 Å². The molecule has 7 heteroatoms. The monoisotopic (exact) mass is 392 g/mol. The number of para-hydroxylation sites is 2. The third-order valence-electron chi connectivity index (χ3n) is 5.33. The fourth-order valence-electron chi connectivity index (χ4n) is 3.83. The molecule has 0 aliphatic carbocycles. The summed E-state index contributed by atoms with van der Waals surface area (Å²) in [7, 11) is 1.59. The number of nitrogens with zero attached hydrogens (tertiary/aromatic N) is 3. The maximum absolute atomic E-state index is 12.7. The molecule has 0 spiro atoms. The lowest BCUT2D eigenvalue weighted by Crippen LogP contribution is -2.33. The first-order chi connectivity index (χ1) is 14.1. The minimum atomic E-state index is -0.381. The molecule has 0 saturated carbocycles. The Kier molecular flexibility index (Phi) is 5.20. The van der Waals surface area contributed by atoms with Crippen LogP contribution in [0, 0.1) is 5.92 Å². The molecule has 7 nitrogen and oxygen atoms in total. The summed E-state index contributed by atoms with van der Waals surface area (Å²) in [6.07, 6.45) is 0.202. The Balaban J connectivity index is 1.44. The Morgan fingerprint density at radius 1 is 1.24 bits per heavy atom. The first-order valence-electron chi connectivity index (χ1n) is 9.77. The molecule has 150 valence electrons. The van der Waals surface area contributed by atoms with Gasteiger partial charge in [0.1, 0.15) is 11.6 Å². The van der Waals surface area contributed by atoms with Crippen LogP contribution in [0.1, 0.15) is 19.2 Å². The van der Waals surface area contributed by atoms with Crippen LogP contribution in [0.3, 0.4) is 0 Å². The summed E-state index contributed by atoms with van der Waals surface area (Å²) in [5.41, 5.74) is 2.72. The van der Waals surface area contributed by atoms with Crippen molar-refractivity contribution in [2.45, 2.75) is 26.4 Å². The number of amides is 2. The number of anilines is 1. The fourth-order valence-corrected chi connectivity index (χ4v) is 3.83. The second kappa shape index (κ2) is 7.95. The number of ether oxygens (including phenoxy) is 1. The number of aryl methyl sites for hydroxylation is 1. The van der Waals surface area contributed by atoms with E-state index in [1.807, 2.05) is 48.5 Å². The molecule has 1 N–H and O–H groups in total. The molecule has 0 bridgehead atoms. The average Bonchev–Trinajstić information content (AvgIpc) is 3.32. The van der Waals surface area contributed by atoms with E-state index in [-0.39, 0.29) is 24.2 Å². The van der Waals surface area contributed by atoms with Crippen molar-refractivity contribution in [2.75, 3.05) is 18.6 Å². The number of aromatic nitrogens is 2. The lowest BCUT2D eigenvalue weighted by atomic mass is 10.1. The van der Waals surface area contributed by atoms with Crippen LogP contribution < -0.4 is 15.0 Å². The molecule has 29 heavy (non-hydrogen) atoms. The predicted molar refractivity (Wildman–Crippen MR) is 111 cm³/mol. The van der Waals surface area contributed by atoms with Crippen molar-refractivity contribution >= 4 is 28.5 Å². The summed E-state index contributed by atoms with van der Waals surface area (Å²) in [5.74, 6) is 0.934. The van der Waals surface area contributed by atoms with Crippen molar-refractivity contribution < 1.29 is 14.3 Å². The lowest BCUT2D eigenvalue weighted by molar-refractivity contribution is -0.126. The second-order valence-electron chi connectivity index (χ2n) is 7.09. The van der Waals surface area contributed by atoms with Crippen LogP contribution >= 0.6 is 0 Å². The van der Waals surface area contributed by atoms with Gasteiger partial charge in [0.25, 0.3) is 0 Å². The Labute approximate surface area is 169 Å². The quantitative estimate of drug-likeness (QED) is 0.700. The first-order valence-corrected chi connectivity index (χ1v) is 9.77. The van der Waals surface area contributed by atoms with Gasteiger partial charge in [-0.25, -0.2) is 4.98 Å². The second-order valence-corrected chi connectivity index (χ2v) is 7.09. The highest BCUT2D eigenvalue weighted by Gasteiger charge is 2.35. The van der Waals surface area contributed by atoms with E-state index in [0.717, 1.165) is 29.1 Å². The van der Waals surface area contributed by atoms with Gasteiger partial charge in [0, 0.05) is 31.3 Å². The van der Waals surface area contributed by atoms with Gasteiger partial charge in [0.05, 0.1) is 30.6 Å². The number of rotatable bonds is 6. The van der Waals surface area contributed by atoms with Crippen molar-refractivity contribution in [3.63, 3.8) is 0 Å². The molecular weight excluding hydrogens is 368 g/mol. The molecule has 1 fully saturated rings. The van der Waals surface area contributed by atoms with Gasteiger partial charge < -0.3 is 19.5 Å². The molecule has 2 amide bonds. The zero-order valence-corrected chi connectivity index (χ0v) is 16.6. The van der Waals surface area contributed by atoms with Crippen LogP contribution in [-0.2, 0) is 22.7 Å². The first kappa shape index (κ1) is 19.0. The smallest absolute Gasteiger partial charge is 0.227 e. The van der Waals surface area contributed by atoms with E-state index in [2.05, 4.69) is 21.8 Å². The maximum atomic E-state index is 12.7. The molecule has 4 rings (SSSR count). The predicted octanol–water partition coefficient (Wildman–Crippen LogP) is 2.73. The zero-order valence-electron chi connectivity index (χ0n) is 16.6. The topological polar surface area (TPSA) is 76.5 Å². The Hall–Kier alpha value is -3.35. The van der Waals surface area contributed by atoms with Gasteiger partial charge in [-0.15, -0.1) is 0 Å². The average molecular weight is 392 g/mol. The maximum Gasteiger partial charge on any atom is 0.227 e. The van der Waals surface area contributed by atoms with Crippen molar-refractivity contribution in [2.24, 2.45) is 5.92 Å². The minimum absolute atomic E-state index is 0.0563. The highest BCUT2D eigenvalue weighted by molar-refractivity contribution is 6.00. The molecule has 1 atom stereocenters. The van der Waals surface area contributed by atoms with Gasteiger partial charge in [-0.05, 0) is 31.2 Å². The Bertz CT molecular complexity index is 1060. The molecule has 0 radical (unpaired) electrons. The minimum Gasteiger partial charge on any atom is -0.497 e. The summed E-state index contributed by atoms with van der Waals surface area (Å²) in [5, 5.41) is 2.97. The van der Waals surface area contributed by atoms with E-state index < -0.39 is 0 Å². The van der Waals surface area contributed by atoms with E-state index in [1.54, 1.807) is 12.0 Å². The SMILES string of the molecule is CCn1c(CNC(=O)C2CC(=O)N(c3cccc(OC)c3)C2)nc2ccccc21. The summed E-state index contributed by atoms with van der Waals surface area (Å²) in [6, 6.07) is 15.3. The number of nitrogens with one attached hydrogen (secondary N) is 1. The van der Waals surface area contributed by atoms with Crippen molar-refractivity contribution in [1.82, 2.24) is 14.9 Å². The molecule has 2 aromatic carbocycles. The summed E-state index contributed by atoms with van der Waals surface area (Å²) in [6.45, 7) is 3.53. The van der Waals surface area contributed by atoms with E-state index in [9.17, 15) is 9.59 Å². The van der Waals surface area contributed by atoms with Crippen LogP contribution in [0.2, 0.25) is 0 Å². The Morgan fingerprint density at radius 2 is 2.07 bits per heavy atom. The Morgan fingerprint density at radius 3 is 2.86 bits per heavy atom. The molecule has 1 unspecified atom stereocenters. The third-order valence-corrected chi connectivity index (χ3v) is 5.33. The number of hydrogen-bond donors (Lipinski definition) is 1. The summed E-state index contributed by atoms with van der Waals surface area (Å²) >= 11 is 0. The fraction of sp³-hybridized carbons (Fsp3) is 0.318. The summed E-state index contributed by atoms with van der Waals surface area (Å²) in [4.78, 5) is 31.5. The number of benzene rings is 2. The van der Waals surface area contributed by atoms with Gasteiger partial charge in [-0.2, -0.15) is 0 Å². The molecular formula is C22H24N4O3. The van der Waals surface area contributed by atoms with E-state index in [0.29, 0.717) is 18.8 Å². The molecule has 3 aromatic rings. The van der Waals surface area contributed by atoms with Crippen LogP contribution in [0.4, 0.5) is 5.69 Å². The third kappa shape index (κ3) is 3.68. The molecule has 2 heterocycles. The van der Waals surface area contributed by atoms with Crippen molar-refractivity contribution in [3.05, 3.63) is 54.4 Å². The van der Waals surface area contributed by atoms with Crippen LogP contribution in [0.5, 0.6) is 5.75 Å². The highest BCUT2D eigenvalue weighted by Crippen LogP contribution is 2.28. The van der Waals surface area contributed by atoms with Gasteiger partial charge in [-0.1, -0.05) is 18.2 Å². The largest absolute Gasteiger partial charge is 0.497 e. The number of imidazole rings is 1. The number of fused-ring (bicyclic) bond motifs is 1. The summed E-state index contributed by atoms with van der Waals surface area (Å²) < 4.78 is 7.33. The molecule has 1 aliphatic heterocycles.